The molecule has 0 radical (unpaired) electrons. The average Bonchev–Trinajstić information content (AvgIpc) is 2.46. The molecule has 0 unspecified atom stereocenters. The summed E-state index contributed by atoms with van der Waals surface area (Å²) in [5, 5.41) is 0. The van der Waals surface area contributed by atoms with Crippen LogP contribution in [0, 0.1) is 0 Å². The molecular formula is C18H36OS2. The van der Waals surface area contributed by atoms with Crippen LogP contribution in [0.1, 0.15) is 103 Å². The fourth-order valence-electron chi connectivity index (χ4n) is 2.63. The molecule has 0 rings (SSSR count). The Balaban J connectivity index is 2.95. The first kappa shape index (κ1) is 21.2. The molecule has 0 atom stereocenters. The van der Waals surface area contributed by atoms with E-state index in [0.717, 1.165) is 13.0 Å². The molecule has 0 aliphatic carbocycles. The van der Waals surface area contributed by atoms with Gasteiger partial charge in [-0.25, -0.2) is 0 Å². The zero-order valence-electron chi connectivity index (χ0n) is 14.1. The van der Waals surface area contributed by atoms with Gasteiger partial charge in [-0.3, -0.25) is 0 Å². The first-order valence-corrected chi connectivity index (χ1v) is 9.98. The zero-order valence-corrected chi connectivity index (χ0v) is 15.8. The van der Waals surface area contributed by atoms with Crippen molar-refractivity contribution in [1.29, 1.82) is 0 Å². The molecule has 3 heteroatoms. The molecular weight excluding hydrogens is 296 g/mol. The monoisotopic (exact) mass is 332 g/mol. The molecule has 21 heavy (non-hydrogen) atoms. The van der Waals surface area contributed by atoms with E-state index >= 15 is 0 Å². The summed E-state index contributed by atoms with van der Waals surface area (Å²) in [5.41, 5.74) is 0. The maximum absolute atomic E-state index is 5.15. The SMILES string of the molecule is CCCCCCCCCCCCCCCCCOC(=S)S. The predicted octanol–water partition coefficient (Wildman–Crippen LogP) is 7.09. The summed E-state index contributed by atoms with van der Waals surface area (Å²) in [7, 11) is 0. The Hall–Kier alpha value is 0.240. The van der Waals surface area contributed by atoms with E-state index in [1.807, 2.05) is 0 Å². The maximum Gasteiger partial charge on any atom is 0.216 e. The van der Waals surface area contributed by atoms with E-state index in [1.165, 1.54) is 89.9 Å². The van der Waals surface area contributed by atoms with Crippen LogP contribution in [0.4, 0.5) is 0 Å². The Morgan fingerprint density at radius 1 is 0.667 bits per heavy atom. The summed E-state index contributed by atoms with van der Waals surface area (Å²) in [6.45, 7) is 3.02. The summed E-state index contributed by atoms with van der Waals surface area (Å²) < 4.78 is 5.53. The molecule has 0 saturated carbocycles. The predicted molar refractivity (Wildman–Crippen MR) is 102 cm³/mol. The average molecular weight is 333 g/mol. The normalized spacial score (nSPS) is 10.8. The molecule has 0 aromatic carbocycles. The summed E-state index contributed by atoms with van der Waals surface area (Å²) in [4.78, 5) is 0. The van der Waals surface area contributed by atoms with Gasteiger partial charge in [0.05, 0.1) is 6.61 Å². The van der Waals surface area contributed by atoms with Gasteiger partial charge in [0.15, 0.2) is 0 Å². The minimum absolute atomic E-state index is 0.375. The number of ether oxygens (including phenoxy) is 1. The van der Waals surface area contributed by atoms with E-state index < -0.39 is 0 Å². The summed E-state index contributed by atoms with van der Waals surface area (Å²) >= 11 is 8.68. The van der Waals surface area contributed by atoms with Gasteiger partial charge in [0.1, 0.15) is 0 Å². The van der Waals surface area contributed by atoms with Crippen molar-refractivity contribution in [1.82, 2.24) is 0 Å². The Morgan fingerprint density at radius 2 is 1.00 bits per heavy atom. The van der Waals surface area contributed by atoms with E-state index in [2.05, 4.69) is 19.6 Å². The Labute approximate surface area is 144 Å². The first-order chi connectivity index (χ1) is 10.3. The van der Waals surface area contributed by atoms with Crippen LogP contribution in [0.25, 0.3) is 0 Å². The maximum atomic E-state index is 5.15. The zero-order chi connectivity index (χ0) is 15.6. The summed E-state index contributed by atoms with van der Waals surface area (Å²) in [5.74, 6) is 0. The highest BCUT2D eigenvalue weighted by molar-refractivity contribution is 8.10. The van der Waals surface area contributed by atoms with Crippen LogP contribution in [0.5, 0.6) is 0 Å². The van der Waals surface area contributed by atoms with Gasteiger partial charge in [0.2, 0.25) is 4.38 Å². The van der Waals surface area contributed by atoms with Crippen LogP contribution in [0.2, 0.25) is 0 Å². The van der Waals surface area contributed by atoms with Crippen LogP contribution < -0.4 is 0 Å². The first-order valence-electron chi connectivity index (χ1n) is 9.13. The van der Waals surface area contributed by atoms with Crippen LogP contribution in [0.3, 0.4) is 0 Å². The fourth-order valence-corrected chi connectivity index (χ4v) is 2.81. The summed E-state index contributed by atoms with van der Waals surface area (Å²) in [6.07, 6.45) is 20.8. The molecule has 0 aliphatic heterocycles. The van der Waals surface area contributed by atoms with Crippen molar-refractivity contribution in [2.75, 3.05) is 6.61 Å². The molecule has 0 fully saturated rings. The minimum Gasteiger partial charge on any atom is -0.479 e. The van der Waals surface area contributed by atoms with Gasteiger partial charge in [0.25, 0.3) is 0 Å². The van der Waals surface area contributed by atoms with Crippen LogP contribution in [-0.4, -0.2) is 11.0 Å². The topological polar surface area (TPSA) is 9.23 Å². The molecule has 0 aromatic heterocycles. The van der Waals surface area contributed by atoms with Crippen molar-refractivity contribution in [2.45, 2.75) is 103 Å². The van der Waals surface area contributed by atoms with Crippen molar-refractivity contribution >= 4 is 29.2 Å². The standard InChI is InChI=1S/C18H36OS2/c1-2-3-4-5-6-7-8-9-10-11-12-13-14-15-16-17-19-18(20)21/h2-17H2,1H3,(H,20,21). The van der Waals surface area contributed by atoms with Crippen LogP contribution in [-0.2, 0) is 4.74 Å². The lowest BCUT2D eigenvalue weighted by Gasteiger charge is -2.04. The van der Waals surface area contributed by atoms with E-state index in [4.69, 9.17) is 17.0 Å². The summed E-state index contributed by atoms with van der Waals surface area (Å²) in [6, 6.07) is 0. The molecule has 0 aliphatic rings. The largest absolute Gasteiger partial charge is 0.479 e. The van der Waals surface area contributed by atoms with Crippen molar-refractivity contribution in [2.24, 2.45) is 0 Å². The van der Waals surface area contributed by atoms with Crippen LogP contribution >= 0.6 is 24.8 Å². The molecule has 0 bridgehead atoms. The van der Waals surface area contributed by atoms with Gasteiger partial charge in [-0.15, -0.1) is 0 Å². The second-order valence-electron chi connectivity index (χ2n) is 6.06. The Kier molecular flexibility index (Phi) is 18.5. The minimum atomic E-state index is 0.375. The van der Waals surface area contributed by atoms with Crippen LogP contribution in [0.15, 0.2) is 0 Å². The van der Waals surface area contributed by atoms with Gasteiger partial charge in [-0.05, 0) is 18.6 Å². The molecule has 0 amide bonds. The molecule has 0 saturated heterocycles. The van der Waals surface area contributed by atoms with Gasteiger partial charge in [0, 0.05) is 0 Å². The lowest BCUT2D eigenvalue weighted by atomic mass is 10.0. The smallest absolute Gasteiger partial charge is 0.216 e. The highest BCUT2D eigenvalue weighted by Gasteiger charge is 1.95. The van der Waals surface area contributed by atoms with E-state index in [-0.39, 0.29) is 0 Å². The van der Waals surface area contributed by atoms with E-state index in [9.17, 15) is 0 Å². The molecule has 0 aromatic rings. The molecule has 0 spiro atoms. The third-order valence-corrected chi connectivity index (χ3v) is 4.22. The molecule has 1 nitrogen and oxygen atoms in total. The van der Waals surface area contributed by atoms with Crippen molar-refractivity contribution in [3.8, 4) is 0 Å². The van der Waals surface area contributed by atoms with Gasteiger partial charge >= 0.3 is 0 Å². The third kappa shape index (κ3) is 20.2. The highest BCUT2D eigenvalue weighted by Crippen LogP contribution is 2.13. The number of rotatable bonds is 16. The quantitative estimate of drug-likeness (QED) is 0.183. The van der Waals surface area contributed by atoms with Gasteiger partial charge < -0.3 is 4.74 Å². The molecule has 126 valence electrons. The lowest BCUT2D eigenvalue weighted by molar-refractivity contribution is 0.308. The third-order valence-electron chi connectivity index (χ3n) is 3.97. The van der Waals surface area contributed by atoms with E-state index in [0.29, 0.717) is 4.38 Å². The number of hydrogen-bond acceptors (Lipinski definition) is 2. The Morgan fingerprint density at radius 3 is 1.33 bits per heavy atom. The molecule has 0 heterocycles. The van der Waals surface area contributed by atoms with Crippen molar-refractivity contribution < 1.29 is 4.74 Å². The van der Waals surface area contributed by atoms with Gasteiger partial charge in [-0.1, -0.05) is 109 Å². The second-order valence-corrected chi connectivity index (χ2v) is 7.14. The highest BCUT2D eigenvalue weighted by atomic mass is 32.1. The second kappa shape index (κ2) is 18.3. The number of thiol groups is 1. The van der Waals surface area contributed by atoms with Crippen molar-refractivity contribution in [3.63, 3.8) is 0 Å². The number of hydrogen-bond donors (Lipinski definition) is 1. The van der Waals surface area contributed by atoms with Gasteiger partial charge in [-0.2, -0.15) is 0 Å². The van der Waals surface area contributed by atoms with Crippen molar-refractivity contribution in [3.05, 3.63) is 0 Å². The number of unbranched alkanes of at least 4 members (excludes halogenated alkanes) is 14. The number of thiocarbonyl (C=S) groups is 1. The molecule has 0 N–H and O–H groups in total. The fraction of sp³-hybridized carbons (Fsp3) is 0.944. The van der Waals surface area contributed by atoms with E-state index in [1.54, 1.807) is 0 Å². The lowest BCUT2D eigenvalue weighted by Crippen LogP contribution is -1.95. The Bertz CT molecular complexity index is 219.